The number of aryl methyl sites for hydroxylation is 1. The molecule has 0 fully saturated rings. The molecular formula is C20H19S+. The van der Waals surface area contributed by atoms with Gasteiger partial charge in [0.2, 0.25) is 20.9 Å². The summed E-state index contributed by atoms with van der Waals surface area (Å²) < 4.78 is 1.34. The molecule has 0 aliphatic carbocycles. The van der Waals surface area contributed by atoms with Crippen molar-refractivity contribution in [2.45, 2.75) is 20.8 Å². The first kappa shape index (κ1) is 14.0. The second-order valence-electron chi connectivity index (χ2n) is 5.60. The van der Waals surface area contributed by atoms with Gasteiger partial charge in [-0.3, -0.25) is 0 Å². The summed E-state index contributed by atoms with van der Waals surface area (Å²) in [7, 11) is 0. The van der Waals surface area contributed by atoms with Crippen molar-refractivity contribution >= 4 is 27.5 Å². The minimum absolute atomic E-state index is 1.31. The van der Waals surface area contributed by atoms with Gasteiger partial charge in [-0.25, -0.2) is 0 Å². The molecule has 3 aromatic rings. The van der Waals surface area contributed by atoms with Crippen LogP contribution in [0.2, 0.25) is 0 Å². The van der Waals surface area contributed by atoms with E-state index in [1.54, 1.807) is 0 Å². The minimum Gasteiger partial charge on any atom is -0.0758 e. The first-order valence-electron chi connectivity index (χ1n) is 7.22. The van der Waals surface area contributed by atoms with Crippen LogP contribution in [-0.2, 0) is 0 Å². The van der Waals surface area contributed by atoms with E-state index in [2.05, 4.69) is 81.4 Å². The third kappa shape index (κ3) is 2.88. The number of rotatable bonds is 2. The third-order valence-electron chi connectivity index (χ3n) is 3.56. The lowest BCUT2D eigenvalue weighted by Gasteiger charge is -2.02. The summed E-state index contributed by atoms with van der Waals surface area (Å²) in [6.07, 6.45) is 2.27. The molecule has 0 amide bonds. The van der Waals surface area contributed by atoms with Crippen LogP contribution in [0.3, 0.4) is 0 Å². The zero-order chi connectivity index (χ0) is 14.8. The summed E-state index contributed by atoms with van der Waals surface area (Å²) in [6.45, 7) is 6.48. The summed E-state index contributed by atoms with van der Waals surface area (Å²) in [5.74, 6) is 0. The smallest absolute Gasteiger partial charge is 0.0758 e. The Hall–Kier alpha value is -1.99. The van der Waals surface area contributed by atoms with E-state index in [9.17, 15) is 0 Å². The van der Waals surface area contributed by atoms with Crippen LogP contribution in [0.5, 0.6) is 0 Å². The first-order valence-corrected chi connectivity index (χ1v) is 8.03. The molecule has 21 heavy (non-hydrogen) atoms. The van der Waals surface area contributed by atoms with Gasteiger partial charge in [0.15, 0.2) is 0 Å². The van der Waals surface area contributed by atoms with Crippen molar-refractivity contribution in [3.63, 3.8) is 0 Å². The van der Waals surface area contributed by atoms with Crippen LogP contribution in [0.4, 0.5) is 0 Å². The summed E-state index contributed by atoms with van der Waals surface area (Å²) in [5.41, 5.74) is 5.29. The van der Waals surface area contributed by atoms with E-state index in [4.69, 9.17) is 0 Å². The van der Waals surface area contributed by atoms with Crippen molar-refractivity contribution in [2.75, 3.05) is 0 Å². The molecule has 0 bridgehead atoms. The molecule has 0 atom stereocenters. The number of allylic oxidation sites excluding steroid dienone is 1. The Balaban J connectivity index is 2.31. The molecule has 0 saturated heterocycles. The third-order valence-corrected chi connectivity index (χ3v) is 4.69. The quantitative estimate of drug-likeness (QED) is 0.468. The van der Waals surface area contributed by atoms with E-state index < -0.39 is 0 Å². The Kier molecular flexibility index (Phi) is 3.85. The van der Waals surface area contributed by atoms with E-state index in [1.165, 1.54) is 37.2 Å². The summed E-state index contributed by atoms with van der Waals surface area (Å²) in [6, 6.07) is 19.6. The fourth-order valence-corrected chi connectivity index (χ4v) is 3.78. The lowest BCUT2D eigenvalue weighted by Crippen LogP contribution is -1.84. The largest absolute Gasteiger partial charge is 0.239 e. The van der Waals surface area contributed by atoms with Gasteiger partial charge in [-0.2, -0.15) is 0 Å². The zero-order valence-electron chi connectivity index (χ0n) is 12.7. The number of fused-ring (bicyclic) bond motifs is 1. The van der Waals surface area contributed by atoms with Crippen molar-refractivity contribution < 1.29 is 0 Å². The van der Waals surface area contributed by atoms with Crippen LogP contribution >= 0.6 is 11.3 Å². The molecule has 2 aromatic carbocycles. The highest BCUT2D eigenvalue weighted by atomic mass is 32.1. The van der Waals surface area contributed by atoms with Gasteiger partial charge in [0.05, 0.1) is 0 Å². The minimum atomic E-state index is 1.31. The number of benzene rings is 2. The fourth-order valence-electron chi connectivity index (χ4n) is 2.57. The van der Waals surface area contributed by atoms with Crippen molar-refractivity contribution in [3.05, 3.63) is 71.3 Å². The van der Waals surface area contributed by atoms with Crippen LogP contribution in [0, 0.1) is 6.92 Å². The van der Waals surface area contributed by atoms with Crippen LogP contribution in [0.15, 0.2) is 60.2 Å². The van der Waals surface area contributed by atoms with Crippen LogP contribution < -0.4 is 0 Å². The predicted molar refractivity (Wildman–Crippen MR) is 95.7 cm³/mol. The van der Waals surface area contributed by atoms with E-state index >= 15 is 0 Å². The lowest BCUT2D eigenvalue weighted by atomic mass is 10.0. The molecular weight excluding hydrogens is 272 g/mol. The average molecular weight is 291 g/mol. The maximum atomic E-state index is 2.32. The molecule has 0 aliphatic rings. The van der Waals surface area contributed by atoms with E-state index in [-0.39, 0.29) is 0 Å². The predicted octanol–water partition coefficient (Wildman–Crippen LogP) is 6.58. The van der Waals surface area contributed by atoms with Crippen molar-refractivity contribution in [1.82, 2.24) is 0 Å². The second kappa shape index (κ2) is 5.79. The Morgan fingerprint density at radius 3 is 2.43 bits per heavy atom. The molecule has 0 nitrogen and oxygen atoms in total. The Labute approximate surface area is 130 Å². The topological polar surface area (TPSA) is 0 Å². The maximum absolute atomic E-state index is 2.32. The van der Waals surface area contributed by atoms with Gasteiger partial charge in [-0.1, -0.05) is 42.0 Å². The Bertz CT molecular complexity index is 824. The first-order chi connectivity index (χ1) is 10.1. The average Bonchev–Trinajstić information content (AvgIpc) is 2.47. The Morgan fingerprint density at radius 2 is 1.67 bits per heavy atom. The van der Waals surface area contributed by atoms with Crippen molar-refractivity contribution in [1.29, 1.82) is 0 Å². The van der Waals surface area contributed by atoms with Crippen molar-refractivity contribution in [3.8, 4) is 10.4 Å². The second-order valence-corrected chi connectivity index (χ2v) is 6.68. The zero-order valence-corrected chi connectivity index (χ0v) is 13.5. The molecule has 0 saturated carbocycles. The summed E-state index contributed by atoms with van der Waals surface area (Å²) in [5, 5.41) is 1.33. The Morgan fingerprint density at radius 1 is 0.952 bits per heavy atom. The van der Waals surface area contributed by atoms with Gasteiger partial charge in [-0.15, -0.1) is 0 Å². The molecule has 1 heterocycles. The number of hydrogen-bond acceptors (Lipinski definition) is 0. The van der Waals surface area contributed by atoms with Crippen LogP contribution in [0.25, 0.3) is 26.6 Å². The van der Waals surface area contributed by atoms with E-state index in [0.29, 0.717) is 0 Å². The molecule has 1 heteroatoms. The highest BCUT2D eigenvalue weighted by Gasteiger charge is 2.17. The van der Waals surface area contributed by atoms with Gasteiger partial charge < -0.3 is 0 Å². The van der Waals surface area contributed by atoms with Crippen LogP contribution in [0.1, 0.15) is 25.0 Å². The van der Waals surface area contributed by atoms with Gasteiger partial charge >= 0.3 is 0 Å². The van der Waals surface area contributed by atoms with E-state index in [1.807, 2.05) is 11.3 Å². The highest BCUT2D eigenvalue weighted by Crippen LogP contribution is 2.35. The summed E-state index contributed by atoms with van der Waals surface area (Å²) >= 11 is 1.87. The molecule has 0 spiro atoms. The molecule has 1 aromatic heterocycles. The molecule has 0 unspecified atom stereocenters. The number of hydrogen-bond donors (Lipinski definition) is 0. The summed E-state index contributed by atoms with van der Waals surface area (Å²) in [4.78, 5) is 1.33. The van der Waals surface area contributed by atoms with E-state index in [0.717, 1.165) is 0 Å². The monoisotopic (exact) mass is 291 g/mol. The maximum Gasteiger partial charge on any atom is 0.239 e. The lowest BCUT2D eigenvalue weighted by molar-refractivity contribution is 1.42. The molecule has 0 N–H and O–H groups in total. The molecule has 0 radical (unpaired) electrons. The molecule has 104 valence electrons. The normalized spacial score (nSPS) is 10.6. The van der Waals surface area contributed by atoms with Crippen LogP contribution in [-0.4, -0.2) is 0 Å². The van der Waals surface area contributed by atoms with Gasteiger partial charge in [0.25, 0.3) is 0 Å². The SMILES string of the molecule is CC(C)=Cc1cc(-c2ccccc2C)[s+]c2ccccc12. The van der Waals surface area contributed by atoms with Gasteiger partial charge in [-0.05, 0) is 44.0 Å². The standard InChI is InChI=1S/C20H19S/c1-14(2)12-16-13-20(17-9-5-4-8-15(17)3)21-19-11-7-6-10-18(16)19/h4-13H,1-3H3/q+1. The van der Waals surface area contributed by atoms with Gasteiger partial charge in [0.1, 0.15) is 0 Å². The molecule has 0 aliphatic heterocycles. The molecule has 3 rings (SSSR count). The van der Waals surface area contributed by atoms with Crippen molar-refractivity contribution in [2.24, 2.45) is 0 Å². The highest BCUT2D eigenvalue weighted by molar-refractivity contribution is 7.21. The van der Waals surface area contributed by atoms with Gasteiger partial charge in [0, 0.05) is 23.1 Å². The fraction of sp³-hybridized carbons (Fsp3) is 0.150.